The molecule has 0 atom stereocenters. The Morgan fingerprint density at radius 1 is 1.09 bits per heavy atom. The molecule has 0 bridgehead atoms. The lowest BCUT2D eigenvalue weighted by molar-refractivity contribution is 0.588. The predicted octanol–water partition coefficient (Wildman–Crippen LogP) is 2.85. The van der Waals surface area contributed by atoms with Gasteiger partial charge >= 0.3 is 0 Å². The van der Waals surface area contributed by atoms with Crippen LogP contribution in [0.4, 0.5) is 0 Å². The molecule has 0 aliphatic heterocycles. The quantitative estimate of drug-likeness (QED) is 0.745. The summed E-state index contributed by atoms with van der Waals surface area (Å²) in [5.41, 5.74) is 3.18. The lowest BCUT2D eigenvalue weighted by atomic mass is 10.1. The summed E-state index contributed by atoms with van der Waals surface area (Å²) in [5, 5.41) is 0.820. The standard InChI is InChI=1S/C16H17N3O2S/c1-4-13-9-19(16-15(13)12(3)17-10-18-16)22(20,21)14-7-5-11(2)6-8-14/h5-10H,4H2,1-3H3. The molecule has 1 aromatic carbocycles. The molecule has 0 radical (unpaired) electrons. The molecular weight excluding hydrogens is 298 g/mol. The van der Waals surface area contributed by atoms with Gasteiger partial charge in [0.05, 0.1) is 10.6 Å². The van der Waals surface area contributed by atoms with Crippen molar-refractivity contribution in [3.05, 3.63) is 53.6 Å². The van der Waals surface area contributed by atoms with Crippen LogP contribution in [0.1, 0.15) is 23.7 Å². The summed E-state index contributed by atoms with van der Waals surface area (Å²) >= 11 is 0. The van der Waals surface area contributed by atoms with Gasteiger partial charge in [0.2, 0.25) is 0 Å². The minimum absolute atomic E-state index is 0.258. The van der Waals surface area contributed by atoms with Gasteiger partial charge < -0.3 is 0 Å². The minimum atomic E-state index is -3.66. The van der Waals surface area contributed by atoms with Crippen molar-refractivity contribution < 1.29 is 8.42 Å². The molecule has 0 saturated heterocycles. The highest BCUT2D eigenvalue weighted by molar-refractivity contribution is 7.90. The first-order chi connectivity index (χ1) is 10.4. The van der Waals surface area contributed by atoms with Crippen LogP contribution in [-0.2, 0) is 16.4 Å². The SMILES string of the molecule is CCc1cn(S(=O)(=O)c2ccc(C)cc2)c2ncnc(C)c12. The molecule has 114 valence electrons. The molecular formula is C16H17N3O2S. The van der Waals surface area contributed by atoms with Crippen LogP contribution in [0.2, 0.25) is 0 Å². The second kappa shape index (κ2) is 5.21. The number of benzene rings is 1. The van der Waals surface area contributed by atoms with Gasteiger partial charge in [-0.1, -0.05) is 24.6 Å². The third kappa shape index (κ3) is 2.20. The monoisotopic (exact) mass is 315 g/mol. The van der Waals surface area contributed by atoms with Gasteiger partial charge in [-0.25, -0.2) is 22.4 Å². The Hall–Kier alpha value is -2.21. The number of aromatic nitrogens is 3. The Morgan fingerprint density at radius 2 is 1.77 bits per heavy atom. The van der Waals surface area contributed by atoms with E-state index in [4.69, 9.17) is 0 Å². The van der Waals surface area contributed by atoms with Gasteiger partial charge in [0.25, 0.3) is 10.0 Å². The average Bonchev–Trinajstić information content (AvgIpc) is 2.88. The largest absolute Gasteiger partial charge is 0.269 e. The van der Waals surface area contributed by atoms with Crippen LogP contribution in [-0.4, -0.2) is 22.4 Å². The van der Waals surface area contributed by atoms with Crippen molar-refractivity contribution in [1.29, 1.82) is 0 Å². The van der Waals surface area contributed by atoms with Crippen molar-refractivity contribution in [3.8, 4) is 0 Å². The maximum Gasteiger partial charge on any atom is 0.269 e. The third-order valence-corrected chi connectivity index (χ3v) is 5.44. The maximum atomic E-state index is 12.9. The van der Waals surface area contributed by atoms with E-state index in [1.165, 1.54) is 10.3 Å². The van der Waals surface area contributed by atoms with Crippen molar-refractivity contribution in [2.45, 2.75) is 32.1 Å². The summed E-state index contributed by atoms with van der Waals surface area (Å²) in [4.78, 5) is 8.63. The van der Waals surface area contributed by atoms with E-state index in [-0.39, 0.29) is 4.90 Å². The van der Waals surface area contributed by atoms with Crippen molar-refractivity contribution >= 4 is 21.1 Å². The molecule has 0 spiro atoms. The van der Waals surface area contributed by atoms with Crippen LogP contribution in [0.15, 0.2) is 41.7 Å². The average molecular weight is 315 g/mol. The number of hydrogen-bond donors (Lipinski definition) is 0. The van der Waals surface area contributed by atoms with Crippen LogP contribution in [0, 0.1) is 13.8 Å². The first-order valence-corrected chi connectivity index (χ1v) is 8.53. The molecule has 0 amide bonds. The van der Waals surface area contributed by atoms with Crippen LogP contribution < -0.4 is 0 Å². The molecule has 3 rings (SSSR count). The molecule has 0 saturated carbocycles. The summed E-state index contributed by atoms with van der Waals surface area (Å²) < 4.78 is 27.1. The second-order valence-corrected chi connectivity index (χ2v) is 7.09. The number of aryl methyl sites for hydroxylation is 3. The fourth-order valence-electron chi connectivity index (χ4n) is 2.55. The van der Waals surface area contributed by atoms with E-state index in [1.54, 1.807) is 30.5 Å². The van der Waals surface area contributed by atoms with Gasteiger partial charge in [0, 0.05) is 11.6 Å². The Labute approximate surface area is 129 Å². The van der Waals surface area contributed by atoms with Gasteiger partial charge in [0.15, 0.2) is 5.65 Å². The lowest BCUT2D eigenvalue weighted by Crippen LogP contribution is -2.12. The minimum Gasteiger partial charge on any atom is -0.241 e. The molecule has 2 aromatic heterocycles. The van der Waals surface area contributed by atoms with Crippen molar-refractivity contribution in [3.63, 3.8) is 0 Å². The summed E-state index contributed by atoms with van der Waals surface area (Å²) in [7, 11) is -3.66. The van der Waals surface area contributed by atoms with E-state index >= 15 is 0 Å². The Kier molecular flexibility index (Phi) is 3.48. The molecule has 0 unspecified atom stereocenters. The first-order valence-electron chi connectivity index (χ1n) is 7.09. The lowest BCUT2D eigenvalue weighted by Gasteiger charge is -2.07. The number of fused-ring (bicyclic) bond motifs is 1. The zero-order valence-corrected chi connectivity index (χ0v) is 13.6. The molecule has 2 heterocycles. The Bertz CT molecular complexity index is 941. The molecule has 3 aromatic rings. The van der Waals surface area contributed by atoms with Crippen molar-refractivity contribution in [1.82, 2.24) is 13.9 Å². The third-order valence-electron chi connectivity index (χ3n) is 3.78. The van der Waals surface area contributed by atoms with E-state index in [9.17, 15) is 8.42 Å². The van der Waals surface area contributed by atoms with Gasteiger partial charge in [0.1, 0.15) is 6.33 Å². The van der Waals surface area contributed by atoms with E-state index in [0.717, 1.165) is 28.6 Å². The zero-order chi connectivity index (χ0) is 15.9. The highest BCUT2D eigenvalue weighted by Crippen LogP contribution is 2.26. The highest BCUT2D eigenvalue weighted by atomic mass is 32.2. The predicted molar refractivity (Wildman–Crippen MR) is 85.4 cm³/mol. The van der Waals surface area contributed by atoms with Crippen LogP contribution in [0.25, 0.3) is 11.0 Å². The molecule has 6 heteroatoms. The van der Waals surface area contributed by atoms with E-state index in [2.05, 4.69) is 9.97 Å². The number of rotatable bonds is 3. The summed E-state index contributed by atoms with van der Waals surface area (Å²) in [5.74, 6) is 0. The van der Waals surface area contributed by atoms with Gasteiger partial charge in [-0.15, -0.1) is 0 Å². The molecule has 0 aliphatic rings. The zero-order valence-electron chi connectivity index (χ0n) is 12.7. The van der Waals surface area contributed by atoms with Crippen LogP contribution in [0.5, 0.6) is 0 Å². The normalized spacial score (nSPS) is 12.0. The fraction of sp³-hybridized carbons (Fsp3) is 0.250. The summed E-state index contributed by atoms with van der Waals surface area (Å²) in [6, 6.07) is 6.82. The molecule has 22 heavy (non-hydrogen) atoms. The first kappa shape index (κ1) is 14.7. The van der Waals surface area contributed by atoms with E-state index in [1.807, 2.05) is 20.8 Å². The molecule has 0 fully saturated rings. The molecule has 0 N–H and O–H groups in total. The van der Waals surface area contributed by atoms with Gasteiger partial charge in [-0.2, -0.15) is 0 Å². The van der Waals surface area contributed by atoms with Gasteiger partial charge in [-0.3, -0.25) is 0 Å². The van der Waals surface area contributed by atoms with Crippen molar-refractivity contribution in [2.75, 3.05) is 0 Å². The van der Waals surface area contributed by atoms with Crippen LogP contribution in [0.3, 0.4) is 0 Å². The topological polar surface area (TPSA) is 64.8 Å². The van der Waals surface area contributed by atoms with E-state index < -0.39 is 10.0 Å². The second-order valence-electron chi connectivity index (χ2n) is 5.28. The number of hydrogen-bond acceptors (Lipinski definition) is 4. The Balaban J connectivity index is 2.30. The van der Waals surface area contributed by atoms with Crippen LogP contribution >= 0.6 is 0 Å². The Morgan fingerprint density at radius 3 is 2.41 bits per heavy atom. The maximum absolute atomic E-state index is 12.9. The molecule has 0 aliphatic carbocycles. The number of nitrogens with zero attached hydrogens (tertiary/aromatic N) is 3. The summed E-state index contributed by atoms with van der Waals surface area (Å²) in [6.45, 7) is 5.78. The molecule has 5 nitrogen and oxygen atoms in total. The van der Waals surface area contributed by atoms with Crippen molar-refractivity contribution in [2.24, 2.45) is 0 Å². The fourth-order valence-corrected chi connectivity index (χ4v) is 3.89. The van der Waals surface area contributed by atoms with Gasteiger partial charge in [-0.05, 0) is 38.0 Å². The smallest absolute Gasteiger partial charge is 0.241 e. The summed E-state index contributed by atoms with van der Waals surface area (Å²) in [6.07, 6.45) is 3.78. The highest BCUT2D eigenvalue weighted by Gasteiger charge is 2.22. The van der Waals surface area contributed by atoms with E-state index in [0.29, 0.717) is 5.65 Å².